The van der Waals surface area contributed by atoms with E-state index in [9.17, 15) is 9.18 Å². The molecule has 0 bridgehead atoms. The second-order valence-corrected chi connectivity index (χ2v) is 8.97. The van der Waals surface area contributed by atoms with Crippen LogP contribution in [0.1, 0.15) is 32.1 Å². The van der Waals surface area contributed by atoms with Crippen molar-refractivity contribution in [2.45, 2.75) is 38.1 Å². The molecule has 1 amide bonds. The van der Waals surface area contributed by atoms with E-state index in [1.807, 2.05) is 9.80 Å². The SMILES string of the molecule is N[C@@H](CO)COc1cc(Cl)c(-c2nc(N3CCN(C(=O)C4CCCCC4)CC3)no2)cc1F. The Kier molecular flexibility index (Phi) is 7.67. The number of piperazine rings is 1. The summed E-state index contributed by atoms with van der Waals surface area (Å²) in [6.07, 6.45) is 5.47. The van der Waals surface area contributed by atoms with E-state index in [2.05, 4.69) is 10.1 Å². The summed E-state index contributed by atoms with van der Waals surface area (Å²) in [5, 5.41) is 13.2. The van der Waals surface area contributed by atoms with E-state index in [1.54, 1.807) is 0 Å². The van der Waals surface area contributed by atoms with E-state index in [1.165, 1.54) is 18.6 Å². The number of anilines is 1. The highest BCUT2D eigenvalue weighted by Gasteiger charge is 2.30. The molecule has 2 aliphatic rings. The zero-order chi connectivity index (χ0) is 23.4. The zero-order valence-electron chi connectivity index (χ0n) is 18.4. The number of hydrogen-bond acceptors (Lipinski definition) is 8. The molecule has 2 heterocycles. The molecule has 4 rings (SSSR count). The first-order chi connectivity index (χ1) is 16.0. The monoisotopic (exact) mass is 481 g/mol. The van der Waals surface area contributed by atoms with E-state index < -0.39 is 11.9 Å². The van der Waals surface area contributed by atoms with Crippen LogP contribution in [0, 0.1) is 11.7 Å². The average Bonchev–Trinajstić information content (AvgIpc) is 3.34. The quantitative estimate of drug-likeness (QED) is 0.619. The molecule has 1 aromatic heterocycles. The molecule has 2 aromatic rings. The first-order valence-electron chi connectivity index (χ1n) is 11.3. The predicted molar refractivity (Wildman–Crippen MR) is 121 cm³/mol. The Bertz CT molecular complexity index is 960. The van der Waals surface area contributed by atoms with Gasteiger partial charge in [0.25, 0.3) is 11.8 Å². The maximum absolute atomic E-state index is 14.5. The Labute approximate surface area is 196 Å². The number of ether oxygens (including phenoxy) is 1. The number of aliphatic hydroxyl groups excluding tert-OH is 1. The van der Waals surface area contributed by atoms with Gasteiger partial charge in [-0.15, -0.1) is 0 Å². The van der Waals surface area contributed by atoms with Crippen LogP contribution in [-0.2, 0) is 4.79 Å². The Morgan fingerprint density at radius 3 is 2.70 bits per heavy atom. The van der Waals surface area contributed by atoms with Gasteiger partial charge in [-0.1, -0.05) is 30.9 Å². The normalized spacial score (nSPS) is 18.4. The summed E-state index contributed by atoms with van der Waals surface area (Å²) >= 11 is 6.30. The number of hydrogen-bond donors (Lipinski definition) is 2. The lowest BCUT2D eigenvalue weighted by Gasteiger charge is -2.36. The largest absolute Gasteiger partial charge is 0.489 e. The van der Waals surface area contributed by atoms with Gasteiger partial charge in [-0.2, -0.15) is 4.98 Å². The third-order valence-corrected chi connectivity index (χ3v) is 6.50. The van der Waals surface area contributed by atoms with Gasteiger partial charge in [-0.05, 0) is 24.1 Å². The highest BCUT2D eigenvalue weighted by molar-refractivity contribution is 6.33. The van der Waals surface area contributed by atoms with Gasteiger partial charge >= 0.3 is 0 Å². The molecule has 1 aliphatic heterocycles. The van der Waals surface area contributed by atoms with E-state index >= 15 is 0 Å². The lowest BCUT2D eigenvalue weighted by atomic mass is 9.88. The van der Waals surface area contributed by atoms with Crippen molar-refractivity contribution in [3.05, 3.63) is 23.0 Å². The van der Waals surface area contributed by atoms with Crippen LogP contribution in [-0.4, -0.2) is 71.5 Å². The van der Waals surface area contributed by atoms with Gasteiger partial charge in [0, 0.05) is 38.2 Å². The van der Waals surface area contributed by atoms with Gasteiger partial charge in [-0.3, -0.25) is 4.79 Å². The molecule has 180 valence electrons. The number of carbonyl (C=O) groups excluding carboxylic acids is 1. The molecule has 3 N–H and O–H groups in total. The van der Waals surface area contributed by atoms with Gasteiger partial charge in [0.05, 0.1) is 23.2 Å². The van der Waals surface area contributed by atoms with Crippen LogP contribution < -0.4 is 15.4 Å². The molecule has 0 spiro atoms. The molecule has 1 saturated heterocycles. The fourth-order valence-electron chi connectivity index (χ4n) is 4.24. The summed E-state index contributed by atoms with van der Waals surface area (Å²) in [6.45, 7) is 2.08. The van der Waals surface area contributed by atoms with Gasteiger partial charge in [-0.25, -0.2) is 4.39 Å². The Morgan fingerprint density at radius 2 is 2.00 bits per heavy atom. The molecule has 0 radical (unpaired) electrons. The number of carbonyl (C=O) groups is 1. The van der Waals surface area contributed by atoms with Crippen molar-refractivity contribution >= 4 is 23.5 Å². The third kappa shape index (κ3) is 5.56. The van der Waals surface area contributed by atoms with Crippen molar-refractivity contribution in [1.29, 1.82) is 0 Å². The van der Waals surface area contributed by atoms with Crippen LogP contribution in [0.15, 0.2) is 16.7 Å². The summed E-state index contributed by atoms with van der Waals surface area (Å²) < 4.78 is 25.1. The second kappa shape index (κ2) is 10.7. The highest BCUT2D eigenvalue weighted by atomic mass is 35.5. The van der Waals surface area contributed by atoms with Crippen molar-refractivity contribution in [3.63, 3.8) is 0 Å². The number of amides is 1. The van der Waals surface area contributed by atoms with Crippen LogP contribution in [0.4, 0.5) is 10.3 Å². The van der Waals surface area contributed by atoms with E-state index in [0.29, 0.717) is 32.1 Å². The molecule has 11 heteroatoms. The summed E-state index contributed by atoms with van der Waals surface area (Å²) in [5.41, 5.74) is 5.82. The van der Waals surface area contributed by atoms with Gasteiger partial charge in [0.15, 0.2) is 11.6 Å². The number of halogens is 2. The summed E-state index contributed by atoms with van der Waals surface area (Å²) in [6, 6.07) is 1.86. The minimum Gasteiger partial charge on any atom is -0.489 e. The fourth-order valence-corrected chi connectivity index (χ4v) is 4.48. The first-order valence-corrected chi connectivity index (χ1v) is 11.7. The summed E-state index contributed by atoms with van der Waals surface area (Å²) in [4.78, 5) is 21.0. The third-order valence-electron chi connectivity index (χ3n) is 6.18. The fraction of sp³-hybridized carbons (Fsp3) is 0.591. The number of aromatic nitrogens is 2. The van der Waals surface area contributed by atoms with Crippen molar-refractivity contribution in [2.24, 2.45) is 11.7 Å². The number of rotatable bonds is 7. The molecule has 33 heavy (non-hydrogen) atoms. The highest BCUT2D eigenvalue weighted by Crippen LogP contribution is 2.34. The summed E-state index contributed by atoms with van der Waals surface area (Å²) in [5.74, 6) is 0.145. The smallest absolute Gasteiger partial charge is 0.266 e. The van der Waals surface area contributed by atoms with Crippen LogP contribution in [0.25, 0.3) is 11.5 Å². The van der Waals surface area contributed by atoms with E-state index in [4.69, 9.17) is 31.7 Å². The van der Waals surface area contributed by atoms with Crippen molar-refractivity contribution in [3.8, 4) is 17.2 Å². The molecule has 1 atom stereocenters. The average molecular weight is 482 g/mol. The molecule has 1 aliphatic carbocycles. The van der Waals surface area contributed by atoms with Crippen LogP contribution in [0.2, 0.25) is 5.02 Å². The van der Waals surface area contributed by atoms with Gasteiger partial charge in [0.1, 0.15) is 6.61 Å². The Morgan fingerprint density at radius 1 is 1.27 bits per heavy atom. The lowest BCUT2D eigenvalue weighted by Crippen LogP contribution is -2.50. The minimum absolute atomic E-state index is 0.0526. The predicted octanol–water partition coefficient (Wildman–Crippen LogP) is 2.46. The van der Waals surface area contributed by atoms with E-state index in [0.717, 1.165) is 25.7 Å². The maximum atomic E-state index is 14.5. The number of nitrogens with two attached hydrogens (primary N) is 1. The van der Waals surface area contributed by atoms with Crippen LogP contribution >= 0.6 is 11.6 Å². The Hall–Kier alpha value is -2.43. The lowest BCUT2D eigenvalue weighted by molar-refractivity contribution is -0.136. The Balaban J connectivity index is 1.38. The molecule has 1 saturated carbocycles. The van der Waals surface area contributed by atoms with Crippen LogP contribution in [0.3, 0.4) is 0 Å². The standard InChI is InChI=1S/C22H29ClFN5O4/c23-17-11-19(32-13-15(25)12-30)18(24)10-16(17)20-26-22(27-33-20)29-8-6-28(7-9-29)21(31)14-4-2-1-3-5-14/h10-11,14-15,30H,1-9,12-13,25H2/t15-/m0/s1. The number of benzene rings is 1. The topological polar surface area (TPSA) is 118 Å². The molecule has 1 aromatic carbocycles. The van der Waals surface area contributed by atoms with Crippen LogP contribution in [0.5, 0.6) is 5.75 Å². The van der Waals surface area contributed by atoms with Gasteiger partial charge in [0.2, 0.25) is 5.91 Å². The maximum Gasteiger partial charge on any atom is 0.266 e. The molecule has 2 fully saturated rings. The van der Waals surface area contributed by atoms with Crippen molar-refractivity contribution < 1.29 is 23.6 Å². The number of nitrogens with zero attached hydrogens (tertiary/aromatic N) is 4. The second-order valence-electron chi connectivity index (χ2n) is 8.56. The van der Waals surface area contributed by atoms with Gasteiger partial charge < -0.3 is 29.9 Å². The van der Waals surface area contributed by atoms with Crippen molar-refractivity contribution in [2.75, 3.05) is 44.3 Å². The molecule has 0 unspecified atom stereocenters. The number of aliphatic hydroxyl groups is 1. The molecular weight excluding hydrogens is 453 g/mol. The summed E-state index contributed by atoms with van der Waals surface area (Å²) in [7, 11) is 0. The van der Waals surface area contributed by atoms with Crippen molar-refractivity contribution in [1.82, 2.24) is 15.0 Å². The minimum atomic E-state index is -0.658. The molecule has 9 nitrogen and oxygen atoms in total. The molecular formula is C22H29ClFN5O4. The first kappa shape index (κ1) is 23.7. The van der Waals surface area contributed by atoms with E-state index in [-0.39, 0.29) is 47.3 Å². The zero-order valence-corrected chi connectivity index (χ0v) is 19.1.